The number of amides is 1. The Labute approximate surface area is 152 Å². The van der Waals surface area contributed by atoms with Crippen LogP contribution >= 0.6 is 11.6 Å². The van der Waals surface area contributed by atoms with Crippen molar-refractivity contribution in [2.45, 2.75) is 51.4 Å². The van der Waals surface area contributed by atoms with Crippen LogP contribution in [-0.2, 0) is 14.3 Å². The number of aliphatic hydroxyl groups is 1. The summed E-state index contributed by atoms with van der Waals surface area (Å²) in [5, 5.41) is 10.2. The lowest BCUT2D eigenvalue weighted by atomic mass is 9.96. The molecule has 1 amide bonds. The Morgan fingerprint density at radius 2 is 2.04 bits per heavy atom. The molecule has 2 unspecified atom stereocenters. The largest absolute Gasteiger partial charge is 0.476 e. The van der Waals surface area contributed by atoms with E-state index in [0.29, 0.717) is 17.2 Å². The fraction of sp³-hybridized carbons (Fsp3) is 0.556. The second-order valence-electron chi connectivity index (χ2n) is 6.76. The van der Waals surface area contributed by atoms with E-state index in [1.807, 2.05) is 13.0 Å². The number of carbonyl (C=O) groups is 2. The molecule has 1 heterocycles. The van der Waals surface area contributed by atoms with Gasteiger partial charge in [0.05, 0.1) is 18.2 Å². The molecule has 0 bridgehead atoms. The minimum absolute atomic E-state index is 0.152. The summed E-state index contributed by atoms with van der Waals surface area (Å²) in [4.78, 5) is 26.5. The first-order valence-corrected chi connectivity index (χ1v) is 8.55. The third-order valence-corrected chi connectivity index (χ3v) is 4.59. The number of ether oxygens (including phenoxy) is 2. The number of aliphatic hydroxyl groups excluding tert-OH is 1. The van der Waals surface area contributed by atoms with Crippen LogP contribution in [0.2, 0.25) is 5.02 Å². The third kappa shape index (κ3) is 4.44. The molecule has 0 radical (unpaired) electrons. The van der Waals surface area contributed by atoms with Crippen LogP contribution in [-0.4, -0.2) is 53.3 Å². The zero-order valence-electron chi connectivity index (χ0n) is 14.9. The Bertz CT molecular complexity index is 661. The molecule has 0 spiro atoms. The van der Waals surface area contributed by atoms with Crippen LogP contribution in [0.4, 0.5) is 0 Å². The average molecular weight is 370 g/mol. The van der Waals surface area contributed by atoms with Gasteiger partial charge >= 0.3 is 5.97 Å². The van der Waals surface area contributed by atoms with Gasteiger partial charge in [0.1, 0.15) is 11.8 Å². The zero-order chi connectivity index (χ0) is 18.8. The van der Waals surface area contributed by atoms with Crippen LogP contribution in [0.3, 0.4) is 0 Å². The maximum absolute atomic E-state index is 13.0. The second-order valence-corrected chi connectivity index (χ2v) is 7.17. The molecule has 1 aliphatic rings. The molecule has 138 valence electrons. The topological polar surface area (TPSA) is 76.1 Å². The summed E-state index contributed by atoms with van der Waals surface area (Å²) in [7, 11) is 1.26. The van der Waals surface area contributed by atoms with Gasteiger partial charge in [0.2, 0.25) is 0 Å². The summed E-state index contributed by atoms with van der Waals surface area (Å²) < 4.78 is 10.7. The van der Waals surface area contributed by atoms with E-state index in [1.54, 1.807) is 26.0 Å². The molecule has 0 aliphatic carbocycles. The Hall–Kier alpha value is -1.79. The summed E-state index contributed by atoms with van der Waals surface area (Å²) in [6.07, 6.45) is -0.0800. The maximum atomic E-state index is 13.0. The summed E-state index contributed by atoms with van der Waals surface area (Å²) in [6.45, 7) is 5.42. The number of likely N-dealkylation sites (tertiary alicyclic amines) is 1. The maximum Gasteiger partial charge on any atom is 0.328 e. The molecule has 6 nitrogen and oxygen atoms in total. The highest BCUT2D eigenvalue weighted by Gasteiger charge is 2.43. The minimum atomic E-state index is -1.23. The van der Waals surface area contributed by atoms with Crippen molar-refractivity contribution >= 4 is 23.5 Å². The van der Waals surface area contributed by atoms with E-state index in [0.717, 1.165) is 5.56 Å². The van der Waals surface area contributed by atoms with E-state index in [-0.39, 0.29) is 18.9 Å². The number of benzene rings is 1. The zero-order valence-corrected chi connectivity index (χ0v) is 15.7. The number of rotatable bonds is 4. The average Bonchev–Trinajstić information content (AvgIpc) is 2.56. The van der Waals surface area contributed by atoms with Gasteiger partial charge in [0.15, 0.2) is 5.60 Å². The van der Waals surface area contributed by atoms with Crippen LogP contribution in [0.25, 0.3) is 0 Å². The normalized spacial score (nSPS) is 21.0. The molecule has 0 saturated carbocycles. The van der Waals surface area contributed by atoms with Crippen LogP contribution in [0, 0.1) is 6.92 Å². The van der Waals surface area contributed by atoms with Crippen molar-refractivity contribution in [3.63, 3.8) is 0 Å². The van der Waals surface area contributed by atoms with Gasteiger partial charge in [-0.25, -0.2) is 4.79 Å². The Balaban J connectivity index is 2.23. The van der Waals surface area contributed by atoms with Crippen molar-refractivity contribution in [3.8, 4) is 5.75 Å². The summed E-state index contributed by atoms with van der Waals surface area (Å²) in [6, 6.07) is 4.50. The molecule has 1 aromatic rings. The van der Waals surface area contributed by atoms with Crippen LogP contribution in [0.5, 0.6) is 5.75 Å². The predicted molar refractivity (Wildman–Crippen MR) is 93.7 cm³/mol. The highest BCUT2D eigenvalue weighted by Crippen LogP contribution is 2.31. The van der Waals surface area contributed by atoms with E-state index >= 15 is 0 Å². The van der Waals surface area contributed by atoms with Gasteiger partial charge in [-0.15, -0.1) is 0 Å². The molecule has 1 saturated heterocycles. The SMILES string of the molecule is COC(=O)C1CC(O)CCN1C(=O)C(C)(C)Oc1cc(C)ccc1Cl. The number of piperidine rings is 1. The van der Waals surface area contributed by atoms with Crippen molar-refractivity contribution in [1.82, 2.24) is 4.90 Å². The lowest BCUT2D eigenvalue weighted by molar-refractivity contribution is -0.163. The molecule has 1 aromatic carbocycles. The fourth-order valence-electron chi connectivity index (χ4n) is 2.90. The first-order chi connectivity index (χ1) is 11.7. The highest BCUT2D eigenvalue weighted by atomic mass is 35.5. The fourth-order valence-corrected chi connectivity index (χ4v) is 3.06. The number of hydrogen-bond donors (Lipinski definition) is 1. The predicted octanol–water partition coefficient (Wildman–Crippen LogP) is 2.33. The van der Waals surface area contributed by atoms with E-state index in [9.17, 15) is 14.7 Å². The van der Waals surface area contributed by atoms with Crippen LogP contribution < -0.4 is 4.74 Å². The lowest BCUT2D eigenvalue weighted by Crippen LogP contribution is -2.58. The van der Waals surface area contributed by atoms with Crippen molar-refractivity contribution < 1.29 is 24.2 Å². The number of carbonyl (C=O) groups excluding carboxylic acids is 2. The van der Waals surface area contributed by atoms with E-state index in [1.165, 1.54) is 12.0 Å². The number of halogens is 1. The quantitative estimate of drug-likeness (QED) is 0.824. The second kappa shape index (κ2) is 7.62. The first-order valence-electron chi connectivity index (χ1n) is 8.18. The standard InChI is InChI=1S/C18H24ClNO5/c1-11-5-6-13(19)15(9-11)25-18(2,3)17(23)20-8-7-12(21)10-14(20)16(22)24-4/h5-6,9,12,14,21H,7-8,10H2,1-4H3. The molecule has 2 rings (SSSR count). The van der Waals surface area contributed by atoms with Crippen LogP contribution in [0.1, 0.15) is 32.3 Å². The van der Waals surface area contributed by atoms with Gasteiger partial charge in [-0.05, 0) is 44.9 Å². The smallest absolute Gasteiger partial charge is 0.328 e. The first kappa shape index (κ1) is 19.5. The van der Waals surface area contributed by atoms with Gasteiger partial charge in [0, 0.05) is 13.0 Å². The number of aryl methyl sites for hydroxylation is 1. The van der Waals surface area contributed by atoms with Crippen molar-refractivity contribution in [2.75, 3.05) is 13.7 Å². The number of methoxy groups -OCH3 is 1. The van der Waals surface area contributed by atoms with E-state index < -0.39 is 23.7 Å². The molecule has 7 heteroatoms. The van der Waals surface area contributed by atoms with Gasteiger partial charge in [-0.3, -0.25) is 4.79 Å². The highest BCUT2D eigenvalue weighted by molar-refractivity contribution is 6.32. The molecule has 0 aromatic heterocycles. The molecule has 2 atom stereocenters. The van der Waals surface area contributed by atoms with Gasteiger partial charge in [0.25, 0.3) is 5.91 Å². The van der Waals surface area contributed by atoms with Crippen molar-refractivity contribution in [2.24, 2.45) is 0 Å². The summed E-state index contributed by atoms with van der Waals surface area (Å²) in [5.74, 6) is -0.490. The van der Waals surface area contributed by atoms with Crippen LogP contribution in [0.15, 0.2) is 18.2 Å². The van der Waals surface area contributed by atoms with Crippen molar-refractivity contribution in [3.05, 3.63) is 28.8 Å². The Kier molecular flexibility index (Phi) is 5.95. The molecular formula is C18H24ClNO5. The molecular weight excluding hydrogens is 346 g/mol. The van der Waals surface area contributed by atoms with Gasteiger partial charge in [-0.1, -0.05) is 17.7 Å². The van der Waals surface area contributed by atoms with E-state index in [4.69, 9.17) is 21.1 Å². The minimum Gasteiger partial charge on any atom is -0.476 e. The van der Waals surface area contributed by atoms with E-state index in [2.05, 4.69) is 0 Å². The Morgan fingerprint density at radius 3 is 2.68 bits per heavy atom. The van der Waals surface area contributed by atoms with Gasteiger partial charge in [-0.2, -0.15) is 0 Å². The monoisotopic (exact) mass is 369 g/mol. The summed E-state index contributed by atoms with van der Waals surface area (Å²) >= 11 is 6.16. The lowest BCUT2D eigenvalue weighted by Gasteiger charge is -2.40. The molecule has 25 heavy (non-hydrogen) atoms. The number of nitrogens with zero attached hydrogens (tertiary/aromatic N) is 1. The number of hydrogen-bond acceptors (Lipinski definition) is 5. The molecule has 1 aliphatic heterocycles. The van der Waals surface area contributed by atoms with Gasteiger partial charge < -0.3 is 19.5 Å². The third-order valence-electron chi connectivity index (χ3n) is 4.28. The summed E-state index contributed by atoms with van der Waals surface area (Å²) in [5.41, 5.74) is -0.275. The molecule has 1 fully saturated rings. The molecule has 1 N–H and O–H groups in total. The Morgan fingerprint density at radius 1 is 1.36 bits per heavy atom. The number of esters is 1. The van der Waals surface area contributed by atoms with Crippen molar-refractivity contribution in [1.29, 1.82) is 0 Å².